The van der Waals surface area contributed by atoms with E-state index < -0.39 is 17.2 Å². The summed E-state index contributed by atoms with van der Waals surface area (Å²) in [6.07, 6.45) is 3.82. The van der Waals surface area contributed by atoms with Crippen molar-refractivity contribution < 1.29 is 18.3 Å². The first-order chi connectivity index (χ1) is 15.4. The maximum absolute atomic E-state index is 13.8. The SMILES string of the molecule is Cc1cc2nccc(N3CCC4(CC3)OC3CCC(c5cc(F)cc(F)c5)N3C4=O)n2n1. The Morgan fingerprint density at radius 2 is 1.84 bits per heavy atom. The molecule has 0 radical (unpaired) electrons. The first kappa shape index (κ1) is 19.6. The molecule has 0 saturated carbocycles. The van der Waals surface area contributed by atoms with Gasteiger partial charge >= 0.3 is 0 Å². The molecular formula is C23H23F2N5O2. The van der Waals surface area contributed by atoms with Crippen LogP contribution in [0, 0.1) is 18.6 Å². The van der Waals surface area contributed by atoms with Crippen molar-refractivity contribution in [1.29, 1.82) is 0 Å². The largest absolute Gasteiger partial charge is 0.356 e. The maximum atomic E-state index is 13.8. The second-order valence-electron chi connectivity index (χ2n) is 8.92. The number of carbonyl (C=O) groups excluding carboxylic acids is 1. The van der Waals surface area contributed by atoms with Crippen LogP contribution in [0.2, 0.25) is 0 Å². The monoisotopic (exact) mass is 439 g/mol. The van der Waals surface area contributed by atoms with Crippen LogP contribution in [-0.4, -0.2) is 50.3 Å². The molecule has 3 fully saturated rings. The Labute approximate surface area is 183 Å². The van der Waals surface area contributed by atoms with Crippen LogP contribution in [-0.2, 0) is 9.53 Å². The standard InChI is InChI=1S/C23H23F2N5O2/c1-14-10-19-26-7-4-20(30(19)27-14)28-8-5-23(6-9-28)22(31)29-18(2-3-21(29)32-23)15-11-16(24)13-17(25)12-15/h4,7,10-13,18,21H,2-3,5-6,8-9H2,1H3. The third-order valence-electron chi connectivity index (χ3n) is 6.94. The quantitative estimate of drug-likeness (QED) is 0.613. The van der Waals surface area contributed by atoms with Crippen LogP contribution in [0.5, 0.6) is 0 Å². The van der Waals surface area contributed by atoms with Gasteiger partial charge in [0.2, 0.25) is 0 Å². The summed E-state index contributed by atoms with van der Waals surface area (Å²) in [5.41, 5.74) is 1.30. The van der Waals surface area contributed by atoms with E-state index >= 15 is 0 Å². The highest BCUT2D eigenvalue weighted by molar-refractivity contribution is 5.88. The molecule has 32 heavy (non-hydrogen) atoms. The van der Waals surface area contributed by atoms with Crippen LogP contribution in [0.1, 0.15) is 43.0 Å². The fourth-order valence-corrected chi connectivity index (χ4v) is 5.47. The number of benzene rings is 1. The average molecular weight is 439 g/mol. The molecule has 3 aromatic rings. The molecule has 2 unspecified atom stereocenters. The minimum atomic E-state index is -0.877. The van der Waals surface area contributed by atoms with E-state index in [1.807, 2.05) is 23.6 Å². The van der Waals surface area contributed by atoms with E-state index in [0.717, 1.165) is 23.2 Å². The minimum absolute atomic E-state index is 0.0656. The Morgan fingerprint density at radius 3 is 2.59 bits per heavy atom. The molecule has 0 bridgehead atoms. The molecule has 7 nitrogen and oxygen atoms in total. The summed E-state index contributed by atoms with van der Waals surface area (Å²) < 4.78 is 35.8. The summed E-state index contributed by atoms with van der Waals surface area (Å²) in [5, 5.41) is 4.54. The summed E-state index contributed by atoms with van der Waals surface area (Å²) in [5.74, 6) is -0.380. The first-order valence-corrected chi connectivity index (χ1v) is 11.0. The molecule has 1 spiro atoms. The smallest absolute Gasteiger partial charge is 0.257 e. The molecule has 6 rings (SSSR count). The van der Waals surface area contributed by atoms with Crippen LogP contribution < -0.4 is 4.90 Å². The molecule has 3 aliphatic heterocycles. The predicted molar refractivity (Wildman–Crippen MR) is 112 cm³/mol. The van der Waals surface area contributed by atoms with Crippen molar-refractivity contribution in [3.05, 3.63) is 59.4 Å². The van der Waals surface area contributed by atoms with Gasteiger partial charge < -0.3 is 14.5 Å². The Bertz CT molecular complexity index is 1200. The summed E-state index contributed by atoms with van der Waals surface area (Å²) in [6.45, 7) is 3.22. The van der Waals surface area contributed by atoms with Crippen molar-refractivity contribution in [3.8, 4) is 0 Å². The number of hydrogen-bond donors (Lipinski definition) is 0. The topological polar surface area (TPSA) is 63.0 Å². The molecule has 1 aromatic carbocycles. The van der Waals surface area contributed by atoms with E-state index in [1.165, 1.54) is 12.1 Å². The number of carbonyl (C=O) groups is 1. The van der Waals surface area contributed by atoms with E-state index in [1.54, 1.807) is 11.1 Å². The number of ether oxygens (including phenoxy) is 1. The molecule has 0 aliphatic carbocycles. The fraction of sp³-hybridized carbons (Fsp3) is 0.435. The van der Waals surface area contributed by atoms with Gasteiger partial charge in [-0.05, 0) is 43.5 Å². The van der Waals surface area contributed by atoms with Gasteiger partial charge in [-0.1, -0.05) is 0 Å². The number of hydrogen-bond acceptors (Lipinski definition) is 5. The van der Waals surface area contributed by atoms with E-state index in [9.17, 15) is 13.6 Å². The highest BCUT2D eigenvalue weighted by Gasteiger charge is 2.58. The second-order valence-corrected chi connectivity index (χ2v) is 8.92. The molecule has 9 heteroatoms. The maximum Gasteiger partial charge on any atom is 0.257 e. The average Bonchev–Trinajstić information content (AvgIpc) is 3.41. The summed E-state index contributed by atoms with van der Waals surface area (Å²) >= 11 is 0. The zero-order chi connectivity index (χ0) is 22.0. The van der Waals surface area contributed by atoms with Crippen molar-refractivity contribution in [1.82, 2.24) is 19.5 Å². The molecule has 0 N–H and O–H groups in total. The van der Waals surface area contributed by atoms with Crippen LogP contribution >= 0.6 is 0 Å². The number of piperidine rings is 1. The van der Waals surface area contributed by atoms with E-state index in [0.29, 0.717) is 44.3 Å². The van der Waals surface area contributed by atoms with E-state index in [4.69, 9.17) is 4.74 Å². The molecule has 166 valence electrons. The Kier molecular flexibility index (Phi) is 4.27. The molecule has 3 saturated heterocycles. The number of aryl methyl sites for hydroxylation is 1. The van der Waals surface area contributed by atoms with E-state index in [2.05, 4.69) is 15.0 Å². The van der Waals surface area contributed by atoms with Gasteiger partial charge in [0, 0.05) is 44.3 Å². The van der Waals surface area contributed by atoms with Crippen molar-refractivity contribution >= 4 is 17.4 Å². The van der Waals surface area contributed by atoms with Gasteiger partial charge in [-0.3, -0.25) is 4.79 Å². The predicted octanol–water partition coefficient (Wildman–Crippen LogP) is 3.37. The van der Waals surface area contributed by atoms with E-state index in [-0.39, 0.29) is 18.2 Å². The zero-order valence-electron chi connectivity index (χ0n) is 17.7. The van der Waals surface area contributed by atoms with Gasteiger partial charge in [-0.2, -0.15) is 9.61 Å². The lowest BCUT2D eigenvalue weighted by Gasteiger charge is -2.38. The van der Waals surface area contributed by atoms with Crippen LogP contribution in [0.3, 0.4) is 0 Å². The van der Waals surface area contributed by atoms with Gasteiger partial charge in [-0.15, -0.1) is 0 Å². The van der Waals surface area contributed by atoms with Gasteiger partial charge in [0.05, 0.1) is 11.7 Å². The molecular weight excluding hydrogens is 416 g/mol. The van der Waals surface area contributed by atoms with Crippen LogP contribution in [0.25, 0.3) is 5.65 Å². The lowest BCUT2D eigenvalue weighted by atomic mass is 9.89. The molecule has 2 aromatic heterocycles. The highest BCUT2D eigenvalue weighted by Crippen LogP contribution is 2.48. The van der Waals surface area contributed by atoms with Crippen molar-refractivity contribution in [3.63, 3.8) is 0 Å². The number of anilines is 1. The molecule has 3 aliphatic rings. The second kappa shape index (κ2) is 6.96. The number of halogens is 2. The lowest BCUT2D eigenvalue weighted by molar-refractivity contribution is -0.140. The van der Waals surface area contributed by atoms with Gasteiger partial charge in [0.15, 0.2) is 11.2 Å². The zero-order valence-corrected chi connectivity index (χ0v) is 17.7. The molecule has 5 heterocycles. The Balaban J connectivity index is 1.23. The van der Waals surface area contributed by atoms with Crippen LogP contribution in [0.4, 0.5) is 14.6 Å². The van der Waals surface area contributed by atoms with Gasteiger partial charge in [0.1, 0.15) is 23.7 Å². The number of fused-ring (bicyclic) bond motifs is 2. The minimum Gasteiger partial charge on any atom is -0.356 e. The van der Waals surface area contributed by atoms with Gasteiger partial charge in [0.25, 0.3) is 5.91 Å². The van der Waals surface area contributed by atoms with Crippen molar-refractivity contribution in [2.75, 3.05) is 18.0 Å². The number of rotatable bonds is 2. The third kappa shape index (κ3) is 2.91. The van der Waals surface area contributed by atoms with Crippen molar-refractivity contribution in [2.45, 2.75) is 50.5 Å². The third-order valence-corrected chi connectivity index (χ3v) is 6.94. The summed E-state index contributed by atoms with van der Waals surface area (Å²) in [4.78, 5) is 21.8. The normalized spacial score (nSPS) is 24.7. The lowest BCUT2D eigenvalue weighted by Crippen LogP contribution is -2.50. The molecule has 2 atom stereocenters. The fourth-order valence-electron chi connectivity index (χ4n) is 5.47. The molecule has 1 amide bonds. The summed E-state index contributed by atoms with van der Waals surface area (Å²) in [7, 11) is 0. The number of aromatic nitrogens is 3. The Hall–Kier alpha value is -3.07. The highest BCUT2D eigenvalue weighted by atomic mass is 19.1. The van der Waals surface area contributed by atoms with Gasteiger partial charge in [-0.25, -0.2) is 13.8 Å². The van der Waals surface area contributed by atoms with Crippen LogP contribution in [0.15, 0.2) is 36.5 Å². The Morgan fingerprint density at radius 1 is 1.09 bits per heavy atom. The summed E-state index contributed by atoms with van der Waals surface area (Å²) in [6, 6.07) is 6.99. The number of amides is 1. The first-order valence-electron chi connectivity index (χ1n) is 11.0. The number of nitrogens with zero attached hydrogens (tertiary/aromatic N) is 5. The van der Waals surface area contributed by atoms with Crippen molar-refractivity contribution in [2.24, 2.45) is 0 Å².